The van der Waals surface area contributed by atoms with E-state index in [-0.39, 0.29) is 5.56 Å². The number of ether oxygens (including phenoxy) is 1. The standard InChI is InChI=1S/C14H12INO3/c1-2-10-7-9(14(17)18)8-13(16-10)19-12-6-4-3-5-11(12)15/h3-8H,2H2,1H3,(H,17,18). The fourth-order valence-electron chi connectivity index (χ4n) is 1.56. The first kappa shape index (κ1) is 13.8. The second-order valence-electron chi connectivity index (χ2n) is 3.88. The number of carbonyl (C=O) groups is 1. The molecule has 2 aromatic rings. The molecule has 1 aromatic heterocycles. The maximum Gasteiger partial charge on any atom is 0.335 e. The maximum atomic E-state index is 11.1. The van der Waals surface area contributed by atoms with E-state index < -0.39 is 5.97 Å². The van der Waals surface area contributed by atoms with Crippen LogP contribution >= 0.6 is 22.6 Å². The van der Waals surface area contributed by atoms with Gasteiger partial charge in [0.05, 0.1) is 9.13 Å². The van der Waals surface area contributed by atoms with Gasteiger partial charge < -0.3 is 9.84 Å². The molecule has 2 rings (SSSR count). The Morgan fingerprint density at radius 2 is 2.11 bits per heavy atom. The van der Waals surface area contributed by atoms with Crippen molar-refractivity contribution in [2.75, 3.05) is 0 Å². The van der Waals surface area contributed by atoms with Crippen LogP contribution in [-0.2, 0) is 6.42 Å². The van der Waals surface area contributed by atoms with Gasteiger partial charge in [0.1, 0.15) is 5.75 Å². The summed E-state index contributed by atoms with van der Waals surface area (Å²) in [6.45, 7) is 1.92. The predicted molar refractivity (Wildman–Crippen MR) is 79.8 cm³/mol. The van der Waals surface area contributed by atoms with Gasteiger partial charge in [0.2, 0.25) is 5.88 Å². The van der Waals surface area contributed by atoms with Crippen LogP contribution in [0.2, 0.25) is 0 Å². The molecule has 1 N–H and O–H groups in total. The van der Waals surface area contributed by atoms with E-state index in [2.05, 4.69) is 27.6 Å². The summed E-state index contributed by atoms with van der Waals surface area (Å²) in [5.41, 5.74) is 0.883. The van der Waals surface area contributed by atoms with Gasteiger partial charge in [-0.1, -0.05) is 19.1 Å². The highest BCUT2D eigenvalue weighted by Gasteiger charge is 2.10. The molecule has 0 bridgehead atoms. The number of nitrogens with zero attached hydrogens (tertiary/aromatic N) is 1. The first-order valence-corrected chi connectivity index (χ1v) is 6.84. The minimum atomic E-state index is -0.982. The fourth-order valence-corrected chi connectivity index (χ4v) is 2.05. The number of para-hydroxylation sites is 1. The number of benzene rings is 1. The van der Waals surface area contributed by atoms with Crippen LogP contribution in [0.5, 0.6) is 11.6 Å². The number of halogens is 1. The van der Waals surface area contributed by atoms with E-state index >= 15 is 0 Å². The lowest BCUT2D eigenvalue weighted by molar-refractivity contribution is 0.0696. The van der Waals surface area contributed by atoms with Crippen molar-refractivity contribution < 1.29 is 14.6 Å². The summed E-state index contributed by atoms with van der Waals surface area (Å²) in [5, 5.41) is 9.07. The number of rotatable bonds is 4. The molecule has 1 aromatic carbocycles. The summed E-state index contributed by atoms with van der Waals surface area (Å²) in [4.78, 5) is 15.3. The summed E-state index contributed by atoms with van der Waals surface area (Å²) in [6.07, 6.45) is 0.656. The Balaban J connectivity index is 2.37. The van der Waals surface area contributed by atoms with E-state index in [1.54, 1.807) is 6.07 Å². The molecule has 0 atom stereocenters. The molecular formula is C14H12INO3. The quantitative estimate of drug-likeness (QED) is 0.835. The van der Waals surface area contributed by atoms with Gasteiger partial charge >= 0.3 is 5.97 Å². The number of aromatic nitrogens is 1. The Hall–Kier alpha value is -1.63. The van der Waals surface area contributed by atoms with Crippen molar-refractivity contribution in [1.82, 2.24) is 4.98 Å². The molecule has 5 heteroatoms. The molecule has 0 amide bonds. The predicted octanol–water partition coefficient (Wildman–Crippen LogP) is 3.74. The monoisotopic (exact) mass is 369 g/mol. The van der Waals surface area contributed by atoms with Gasteiger partial charge in [-0.25, -0.2) is 9.78 Å². The molecule has 0 aliphatic carbocycles. The van der Waals surface area contributed by atoms with Crippen molar-refractivity contribution >= 4 is 28.6 Å². The van der Waals surface area contributed by atoms with Gasteiger partial charge in [0, 0.05) is 11.8 Å². The molecule has 0 aliphatic heterocycles. The zero-order valence-corrected chi connectivity index (χ0v) is 12.4. The molecular weight excluding hydrogens is 357 g/mol. The lowest BCUT2D eigenvalue weighted by Crippen LogP contribution is -2.01. The Morgan fingerprint density at radius 1 is 1.37 bits per heavy atom. The summed E-state index contributed by atoms with van der Waals surface area (Å²) in [6, 6.07) is 10.5. The van der Waals surface area contributed by atoms with E-state index in [1.165, 1.54) is 6.07 Å². The number of aryl methyl sites for hydroxylation is 1. The highest BCUT2D eigenvalue weighted by Crippen LogP contribution is 2.26. The topological polar surface area (TPSA) is 59.4 Å². The number of carboxylic acids is 1. The average molecular weight is 369 g/mol. The third kappa shape index (κ3) is 3.44. The average Bonchev–Trinajstić information content (AvgIpc) is 2.41. The smallest absolute Gasteiger partial charge is 0.335 e. The Morgan fingerprint density at radius 3 is 2.74 bits per heavy atom. The van der Waals surface area contributed by atoms with Crippen molar-refractivity contribution in [3.8, 4) is 11.6 Å². The van der Waals surface area contributed by atoms with Crippen molar-refractivity contribution in [1.29, 1.82) is 0 Å². The number of hydrogen-bond donors (Lipinski definition) is 1. The molecule has 0 aliphatic rings. The third-order valence-corrected chi connectivity index (χ3v) is 3.41. The summed E-state index contributed by atoms with van der Waals surface area (Å²) in [7, 11) is 0. The number of aromatic carboxylic acids is 1. The van der Waals surface area contributed by atoms with E-state index in [4.69, 9.17) is 9.84 Å². The zero-order chi connectivity index (χ0) is 13.8. The van der Waals surface area contributed by atoms with E-state index in [0.29, 0.717) is 23.7 Å². The first-order chi connectivity index (χ1) is 9.10. The highest BCUT2D eigenvalue weighted by atomic mass is 127. The van der Waals surface area contributed by atoms with Crippen LogP contribution in [0.25, 0.3) is 0 Å². The molecule has 4 nitrogen and oxygen atoms in total. The van der Waals surface area contributed by atoms with E-state index in [0.717, 1.165) is 3.57 Å². The van der Waals surface area contributed by atoms with Crippen LogP contribution in [0.1, 0.15) is 23.0 Å². The van der Waals surface area contributed by atoms with E-state index in [9.17, 15) is 4.79 Å². The Bertz CT molecular complexity index is 613. The van der Waals surface area contributed by atoms with Crippen LogP contribution < -0.4 is 4.74 Å². The molecule has 98 valence electrons. The van der Waals surface area contributed by atoms with Crippen molar-refractivity contribution in [2.24, 2.45) is 0 Å². The normalized spacial score (nSPS) is 10.2. The molecule has 0 radical (unpaired) electrons. The summed E-state index contributed by atoms with van der Waals surface area (Å²) < 4.78 is 6.61. The van der Waals surface area contributed by atoms with Gasteiger partial charge in [-0.3, -0.25) is 0 Å². The van der Waals surface area contributed by atoms with Gasteiger partial charge in [-0.15, -0.1) is 0 Å². The van der Waals surface area contributed by atoms with Crippen LogP contribution in [-0.4, -0.2) is 16.1 Å². The van der Waals surface area contributed by atoms with Gasteiger partial charge in [0.25, 0.3) is 0 Å². The molecule has 19 heavy (non-hydrogen) atoms. The summed E-state index contributed by atoms with van der Waals surface area (Å²) in [5.74, 6) is -0.00855. The lowest BCUT2D eigenvalue weighted by atomic mass is 10.2. The fraction of sp³-hybridized carbons (Fsp3) is 0.143. The van der Waals surface area contributed by atoms with Crippen molar-refractivity contribution in [2.45, 2.75) is 13.3 Å². The molecule has 1 heterocycles. The van der Waals surface area contributed by atoms with Crippen LogP contribution in [0.3, 0.4) is 0 Å². The van der Waals surface area contributed by atoms with Crippen LogP contribution in [0, 0.1) is 3.57 Å². The van der Waals surface area contributed by atoms with Crippen molar-refractivity contribution in [3.63, 3.8) is 0 Å². The molecule has 0 saturated heterocycles. The Kier molecular flexibility index (Phi) is 4.36. The number of hydrogen-bond acceptors (Lipinski definition) is 3. The lowest BCUT2D eigenvalue weighted by Gasteiger charge is -2.08. The zero-order valence-electron chi connectivity index (χ0n) is 10.3. The maximum absolute atomic E-state index is 11.1. The minimum Gasteiger partial charge on any atom is -0.478 e. The van der Waals surface area contributed by atoms with Gasteiger partial charge in [-0.2, -0.15) is 0 Å². The van der Waals surface area contributed by atoms with Gasteiger partial charge in [0.15, 0.2) is 0 Å². The van der Waals surface area contributed by atoms with Gasteiger partial charge in [-0.05, 0) is 47.2 Å². The largest absolute Gasteiger partial charge is 0.478 e. The molecule has 0 unspecified atom stereocenters. The number of carboxylic acid groups (broad SMARTS) is 1. The second-order valence-corrected chi connectivity index (χ2v) is 5.04. The third-order valence-electron chi connectivity index (χ3n) is 2.52. The SMILES string of the molecule is CCc1cc(C(=O)O)cc(Oc2ccccc2I)n1. The summed E-state index contributed by atoms with van der Waals surface area (Å²) >= 11 is 2.16. The molecule has 0 fully saturated rings. The highest BCUT2D eigenvalue weighted by molar-refractivity contribution is 14.1. The molecule has 0 saturated carbocycles. The second kappa shape index (κ2) is 6.01. The number of pyridine rings is 1. The molecule has 0 spiro atoms. The Labute approximate surface area is 124 Å². The minimum absolute atomic E-state index is 0.188. The van der Waals surface area contributed by atoms with Crippen molar-refractivity contribution in [3.05, 3.63) is 51.2 Å². The first-order valence-electron chi connectivity index (χ1n) is 5.76. The van der Waals surface area contributed by atoms with Crippen LogP contribution in [0.15, 0.2) is 36.4 Å². The van der Waals surface area contributed by atoms with Crippen LogP contribution in [0.4, 0.5) is 0 Å². The van der Waals surface area contributed by atoms with E-state index in [1.807, 2.05) is 31.2 Å².